The first-order chi connectivity index (χ1) is 6.25. The van der Waals surface area contributed by atoms with Gasteiger partial charge in [-0.1, -0.05) is 19.8 Å². The van der Waals surface area contributed by atoms with Crippen molar-refractivity contribution in [2.24, 2.45) is 5.92 Å². The number of unbranched alkanes of at least 4 members (excludes halogenated alkanes) is 1. The summed E-state index contributed by atoms with van der Waals surface area (Å²) in [5, 5.41) is 8.93. The Balaban J connectivity index is 2.41. The van der Waals surface area contributed by atoms with Gasteiger partial charge in [0.25, 0.3) is 0 Å². The predicted octanol–water partition coefficient (Wildman–Crippen LogP) is 2.06. The van der Waals surface area contributed by atoms with Crippen LogP contribution in [0.15, 0.2) is 0 Å². The number of hydrogen-bond acceptors (Lipinski definition) is 2. The summed E-state index contributed by atoms with van der Waals surface area (Å²) in [6.07, 6.45) is 4.70. The third kappa shape index (κ3) is 2.99. The minimum absolute atomic E-state index is 0.0359. The maximum atomic E-state index is 10.8. The normalized spacial score (nSPS) is 28.7. The molecule has 0 aromatic carbocycles. The van der Waals surface area contributed by atoms with E-state index in [1.807, 2.05) is 0 Å². The third-order valence-electron chi connectivity index (χ3n) is 2.60. The summed E-state index contributed by atoms with van der Waals surface area (Å²) in [7, 11) is 0. The highest BCUT2D eigenvalue weighted by molar-refractivity contribution is 5.70. The Morgan fingerprint density at radius 3 is 3.00 bits per heavy atom. The molecule has 3 heteroatoms. The molecular formula is C10H18O3. The van der Waals surface area contributed by atoms with E-state index in [9.17, 15) is 4.79 Å². The average Bonchev–Trinajstić information content (AvgIpc) is 2.15. The van der Waals surface area contributed by atoms with Crippen molar-refractivity contribution in [2.45, 2.75) is 45.1 Å². The van der Waals surface area contributed by atoms with E-state index in [-0.39, 0.29) is 12.0 Å². The number of carboxylic acid groups (broad SMARTS) is 1. The van der Waals surface area contributed by atoms with Crippen LogP contribution in [0.4, 0.5) is 0 Å². The molecule has 13 heavy (non-hydrogen) atoms. The highest BCUT2D eigenvalue weighted by Crippen LogP contribution is 2.24. The Bertz CT molecular complexity index is 168. The minimum atomic E-state index is -0.694. The molecule has 2 unspecified atom stereocenters. The standard InChI is InChI=1S/C10H18O3/c1-2-3-6-9-8(10(11)12)5-4-7-13-9/h8-9H,2-7H2,1H3,(H,11,12). The zero-order chi connectivity index (χ0) is 9.68. The van der Waals surface area contributed by atoms with Crippen LogP contribution in [0, 0.1) is 5.92 Å². The quantitative estimate of drug-likeness (QED) is 0.731. The van der Waals surface area contributed by atoms with Crippen molar-refractivity contribution in [1.29, 1.82) is 0 Å². The molecular weight excluding hydrogens is 168 g/mol. The molecule has 2 atom stereocenters. The fourth-order valence-electron chi connectivity index (χ4n) is 1.81. The molecule has 0 aromatic rings. The molecule has 1 fully saturated rings. The molecule has 3 nitrogen and oxygen atoms in total. The van der Waals surface area contributed by atoms with Gasteiger partial charge in [-0.15, -0.1) is 0 Å². The number of ether oxygens (including phenoxy) is 1. The Morgan fingerprint density at radius 1 is 1.62 bits per heavy atom. The maximum absolute atomic E-state index is 10.8. The molecule has 1 rings (SSSR count). The Labute approximate surface area is 79.1 Å². The molecule has 0 spiro atoms. The Morgan fingerprint density at radius 2 is 2.38 bits per heavy atom. The first-order valence-electron chi connectivity index (χ1n) is 5.10. The second-order valence-corrected chi connectivity index (χ2v) is 3.64. The molecule has 1 saturated heterocycles. The third-order valence-corrected chi connectivity index (χ3v) is 2.60. The van der Waals surface area contributed by atoms with Crippen LogP contribution in [0.3, 0.4) is 0 Å². The molecule has 76 valence electrons. The highest BCUT2D eigenvalue weighted by atomic mass is 16.5. The van der Waals surface area contributed by atoms with Gasteiger partial charge >= 0.3 is 5.97 Å². The van der Waals surface area contributed by atoms with E-state index in [2.05, 4.69) is 6.92 Å². The van der Waals surface area contributed by atoms with Crippen LogP contribution in [-0.2, 0) is 9.53 Å². The van der Waals surface area contributed by atoms with Crippen LogP contribution in [0.2, 0.25) is 0 Å². The summed E-state index contributed by atoms with van der Waals surface area (Å²) in [5.41, 5.74) is 0. The Kier molecular flexibility index (Phi) is 4.22. The predicted molar refractivity (Wildman–Crippen MR) is 49.6 cm³/mol. The van der Waals surface area contributed by atoms with Gasteiger partial charge in [0.15, 0.2) is 0 Å². The topological polar surface area (TPSA) is 46.5 Å². The molecule has 0 radical (unpaired) electrons. The molecule has 0 saturated carbocycles. The van der Waals surface area contributed by atoms with E-state index >= 15 is 0 Å². The zero-order valence-corrected chi connectivity index (χ0v) is 8.16. The van der Waals surface area contributed by atoms with Crippen molar-refractivity contribution in [3.63, 3.8) is 0 Å². The molecule has 0 aromatic heterocycles. The van der Waals surface area contributed by atoms with E-state index < -0.39 is 5.97 Å². The van der Waals surface area contributed by atoms with Gasteiger partial charge in [-0.2, -0.15) is 0 Å². The van der Waals surface area contributed by atoms with E-state index in [4.69, 9.17) is 9.84 Å². The van der Waals surface area contributed by atoms with Gasteiger partial charge in [-0.3, -0.25) is 4.79 Å². The molecule has 0 aliphatic carbocycles. The van der Waals surface area contributed by atoms with Gasteiger partial charge in [0.1, 0.15) is 0 Å². The summed E-state index contributed by atoms with van der Waals surface area (Å²) in [4.78, 5) is 10.8. The van der Waals surface area contributed by atoms with Crippen molar-refractivity contribution in [3.05, 3.63) is 0 Å². The van der Waals surface area contributed by atoms with Crippen molar-refractivity contribution in [3.8, 4) is 0 Å². The second-order valence-electron chi connectivity index (χ2n) is 3.64. The lowest BCUT2D eigenvalue weighted by Gasteiger charge is -2.28. The molecule has 1 heterocycles. The Hall–Kier alpha value is -0.570. The number of carbonyl (C=O) groups is 1. The van der Waals surface area contributed by atoms with Gasteiger partial charge in [0.05, 0.1) is 12.0 Å². The number of rotatable bonds is 4. The first-order valence-corrected chi connectivity index (χ1v) is 5.10. The van der Waals surface area contributed by atoms with Crippen LogP contribution in [0.25, 0.3) is 0 Å². The number of carboxylic acids is 1. The van der Waals surface area contributed by atoms with E-state index in [1.165, 1.54) is 0 Å². The SMILES string of the molecule is CCCCC1OCCCC1C(=O)O. The summed E-state index contributed by atoms with van der Waals surface area (Å²) in [6.45, 7) is 2.84. The van der Waals surface area contributed by atoms with Crippen LogP contribution in [-0.4, -0.2) is 23.8 Å². The lowest BCUT2D eigenvalue weighted by Crippen LogP contribution is -2.34. The summed E-state index contributed by atoms with van der Waals surface area (Å²) < 4.78 is 5.47. The van der Waals surface area contributed by atoms with Crippen molar-refractivity contribution < 1.29 is 14.6 Å². The minimum Gasteiger partial charge on any atom is -0.481 e. The lowest BCUT2D eigenvalue weighted by molar-refractivity contribution is -0.151. The van der Waals surface area contributed by atoms with Crippen LogP contribution in [0.1, 0.15) is 39.0 Å². The van der Waals surface area contributed by atoms with Gasteiger partial charge in [-0.25, -0.2) is 0 Å². The summed E-state index contributed by atoms with van der Waals surface area (Å²) in [6, 6.07) is 0. The van der Waals surface area contributed by atoms with Gasteiger partial charge in [0.2, 0.25) is 0 Å². The number of hydrogen-bond donors (Lipinski definition) is 1. The van der Waals surface area contributed by atoms with Gasteiger partial charge in [0, 0.05) is 6.61 Å². The van der Waals surface area contributed by atoms with Crippen molar-refractivity contribution in [2.75, 3.05) is 6.61 Å². The van der Waals surface area contributed by atoms with Crippen LogP contribution < -0.4 is 0 Å². The van der Waals surface area contributed by atoms with Crippen LogP contribution in [0.5, 0.6) is 0 Å². The molecule has 0 amide bonds. The van der Waals surface area contributed by atoms with E-state index in [0.717, 1.165) is 38.7 Å². The molecule has 0 bridgehead atoms. The number of aliphatic carboxylic acids is 1. The smallest absolute Gasteiger partial charge is 0.309 e. The first kappa shape index (κ1) is 10.5. The molecule has 1 aliphatic heterocycles. The van der Waals surface area contributed by atoms with Gasteiger partial charge < -0.3 is 9.84 Å². The van der Waals surface area contributed by atoms with E-state index in [1.54, 1.807) is 0 Å². The lowest BCUT2D eigenvalue weighted by atomic mass is 9.91. The fourth-order valence-corrected chi connectivity index (χ4v) is 1.81. The van der Waals surface area contributed by atoms with Crippen molar-refractivity contribution >= 4 is 5.97 Å². The average molecular weight is 186 g/mol. The monoisotopic (exact) mass is 186 g/mol. The van der Waals surface area contributed by atoms with Gasteiger partial charge in [-0.05, 0) is 19.3 Å². The second kappa shape index (κ2) is 5.22. The zero-order valence-electron chi connectivity index (χ0n) is 8.16. The highest BCUT2D eigenvalue weighted by Gasteiger charge is 2.30. The molecule has 1 aliphatic rings. The maximum Gasteiger partial charge on any atom is 0.309 e. The summed E-state index contributed by atoms with van der Waals surface area (Å²) in [5.74, 6) is -0.957. The van der Waals surface area contributed by atoms with E-state index in [0.29, 0.717) is 0 Å². The molecule has 1 N–H and O–H groups in total. The van der Waals surface area contributed by atoms with Crippen molar-refractivity contribution in [1.82, 2.24) is 0 Å². The fraction of sp³-hybridized carbons (Fsp3) is 0.900. The van der Waals surface area contributed by atoms with Crippen LogP contribution >= 0.6 is 0 Å². The summed E-state index contributed by atoms with van der Waals surface area (Å²) >= 11 is 0. The largest absolute Gasteiger partial charge is 0.481 e.